The molecule has 1 aromatic heterocycles. The van der Waals surface area contributed by atoms with Crippen molar-refractivity contribution in [3.05, 3.63) is 70.4 Å². The topological polar surface area (TPSA) is 81.3 Å². The van der Waals surface area contributed by atoms with Gasteiger partial charge in [0.1, 0.15) is 0 Å². The Morgan fingerprint density at radius 1 is 1.10 bits per heavy atom. The van der Waals surface area contributed by atoms with Gasteiger partial charge in [-0.3, -0.25) is 9.79 Å². The van der Waals surface area contributed by atoms with Gasteiger partial charge < -0.3 is 20.9 Å². The van der Waals surface area contributed by atoms with Crippen molar-refractivity contribution >= 4 is 34.4 Å². The largest absolute Gasteiger partial charge is 0.361 e. The minimum Gasteiger partial charge on any atom is -0.361 e. The summed E-state index contributed by atoms with van der Waals surface area (Å²) in [5, 5.41) is 11.0. The Labute approximate surface area is 182 Å². The first-order valence-electron chi connectivity index (χ1n) is 10.2. The number of fused-ring (bicyclic) bond motifs is 1. The van der Waals surface area contributed by atoms with Crippen molar-refractivity contribution in [1.82, 2.24) is 20.9 Å². The lowest BCUT2D eigenvalue weighted by Gasteiger charge is -2.12. The molecule has 0 atom stereocenters. The fourth-order valence-electron chi connectivity index (χ4n) is 3.23. The van der Waals surface area contributed by atoms with Crippen molar-refractivity contribution in [3.63, 3.8) is 0 Å². The van der Waals surface area contributed by atoms with Gasteiger partial charge in [-0.2, -0.15) is 0 Å². The van der Waals surface area contributed by atoms with E-state index >= 15 is 0 Å². The fraction of sp³-hybridized carbons (Fsp3) is 0.304. The second-order valence-electron chi connectivity index (χ2n) is 7.04. The normalized spacial score (nSPS) is 11.5. The third-order valence-electron chi connectivity index (χ3n) is 4.74. The SMILES string of the molecule is CCNC(=NCCc1c[nH]c2cc(C)ccc12)NCCNC(=O)c1ccccc1Cl. The monoisotopic (exact) mass is 425 g/mol. The maximum absolute atomic E-state index is 12.2. The molecule has 1 amide bonds. The van der Waals surface area contributed by atoms with Crippen molar-refractivity contribution in [2.75, 3.05) is 26.2 Å². The maximum Gasteiger partial charge on any atom is 0.252 e. The van der Waals surface area contributed by atoms with Crippen LogP contribution < -0.4 is 16.0 Å². The molecule has 2 aromatic carbocycles. The number of hydrogen-bond acceptors (Lipinski definition) is 2. The van der Waals surface area contributed by atoms with Crippen molar-refractivity contribution in [2.24, 2.45) is 4.99 Å². The molecule has 0 saturated heterocycles. The molecule has 7 heteroatoms. The Balaban J connectivity index is 1.48. The van der Waals surface area contributed by atoms with E-state index in [0.717, 1.165) is 24.4 Å². The van der Waals surface area contributed by atoms with Gasteiger partial charge in [-0.15, -0.1) is 0 Å². The number of guanidine groups is 1. The van der Waals surface area contributed by atoms with Crippen LogP contribution in [0.15, 0.2) is 53.7 Å². The molecule has 158 valence electrons. The maximum atomic E-state index is 12.2. The number of aromatic amines is 1. The molecule has 0 unspecified atom stereocenters. The van der Waals surface area contributed by atoms with E-state index in [-0.39, 0.29) is 5.91 Å². The van der Waals surface area contributed by atoms with Gasteiger partial charge in [-0.05, 0) is 49.6 Å². The molecule has 6 nitrogen and oxygen atoms in total. The molecule has 30 heavy (non-hydrogen) atoms. The molecular formula is C23H28ClN5O. The highest BCUT2D eigenvalue weighted by Gasteiger charge is 2.08. The van der Waals surface area contributed by atoms with E-state index in [2.05, 4.69) is 57.2 Å². The van der Waals surface area contributed by atoms with Crippen LogP contribution in [0.5, 0.6) is 0 Å². The molecule has 0 spiro atoms. The molecule has 0 aliphatic heterocycles. The predicted octanol–water partition coefficient (Wildman–Crippen LogP) is 3.66. The molecule has 0 fully saturated rings. The van der Waals surface area contributed by atoms with Crippen molar-refractivity contribution in [1.29, 1.82) is 0 Å². The molecule has 1 heterocycles. The summed E-state index contributed by atoms with van der Waals surface area (Å²) in [5.41, 5.74) is 4.15. The molecule has 0 radical (unpaired) electrons. The Morgan fingerprint density at radius 3 is 2.70 bits per heavy atom. The number of aryl methyl sites for hydroxylation is 1. The van der Waals surface area contributed by atoms with Crippen LogP contribution in [0.4, 0.5) is 0 Å². The molecule has 0 aliphatic carbocycles. The summed E-state index contributed by atoms with van der Waals surface area (Å²) in [6.45, 7) is 6.59. The molecule has 4 N–H and O–H groups in total. The smallest absolute Gasteiger partial charge is 0.252 e. The Morgan fingerprint density at radius 2 is 1.90 bits per heavy atom. The summed E-state index contributed by atoms with van der Waals surface area (Å²) >= 11 is 6.06. The van der Waals surface area contributed by atoms with Gasteiger partial charge in [0.2, 0.25) is 0 Å². The number of carbonyl (C=O) groups excluding carboxylic acids is 1. The number of aliphatic imine (C=N–C) groups is 1. The van der Waals surface area contributed by atoms with Crippen LogP contribution in [0.25, 0.3) is 10.9 Å². The number of aromatic nitrogens is 1. The van der Waals surface area contributed by atoms with Gasteiger partial charge in [0.15, 0.2) is 5.96 Å². The lowest BCUT2D eigenvalue weighted by atomic mass is 10.1. The van der Waals surface area contributed by atoms with Crippen LogP contribution >= 0.6 is 11.6 Å². The van der Waals surface area contributed by atoms with Crippen LogP contribution in [-0.2, 0) is 6.42 Å². The lowest BCUT2D eigenvalue weighted by molar-refractivity contribution is 0.0954. The first-order chi connectivity index (χ1) is 14.6. The number of benzene rings is 2. The summed E-state index contributed by atoms with van der Waals surface area (Å²) in [6.07, 6.45) is 2.91. The van der Waals surface area contributed by atoms with Gasteiger partial charge in [0, 0.05) is 43.3 Å². The molecule has 3 aromatic rings. The standard InChI is InChI=1S/C23H28ClN5O/c1-3-25-23(28-13-12-26-22(30)19-6-4-5-7-20(19)24)27-11-10-17-15-29-21-14-16(2)8-9-18(17)21/h4-9,14-15,29H,3,10-13H2,1-2H3,(H,26,30)(H2,25,27,28). The lowest BCUT2D eigenvalue weighted by Crippen LogP contribution is -2.41. The zero-order chi connectivity index (χ0) is 21.3. The molecular weight excluding hydrogens is 398 g/mol. The molecule has 0 saturated carbocycles. The highest BCUT2D eigenvalue weighted by atomic mass is 35.5. The third-order valence-corrected chi connectivity index (χ3v) is 5.07. The quantitative estimate of drug-likeness (QED) is 0.252. The predicted molar refractivity (Wildman–Crippen MR) is 125 cm³/mol. The minimum atomic E-state index is -0.182. The number of carbonyl (C=O) groups is 1. The Bertz CT molecular complexity index is 1030. The summed E-state index contributed by atoms with van der Waals surface area (Å²) < 4.78 is 0. The Hall–Kier alpha value is -2.99. The number of amides is 1. The van der Waals surface area contributed by atoms with Crippen LogP contribution in [0, 0.1) is 6.92 Å². The number of nitrogens with zero attached hydrogens (tertiary/aromatic N) is 1. The van der Waals surface area contributed by atoms with Crippen molar-refractivity contribution < 1.29 is 4.79 Å². The van der Waals surface area contributed by atoms with Gasteiger partial charge in [0.05, 0.1) is 10.6 Å². The van der Waals surface area contributed by atoms with E-state index in [9.17, 15) is 4.79 Å². The Kier molecular flexibility index (Phi) is 7.74. The van der Waals surface area contributed by atoms with E-state index < -0.39 is 0 Å². The van der Waals surface area contributed by atoms with E-state index in [1.807, 2.05) is 6.92 Å². The summed E-state index contributed by atoms with van der Waals surface area (Å²) in [7, 11) is 0. The van der Waals surface area contributed by atoms with Crippen LogP contribution in [-0.4, -0.2) is 43.0 Å². The average molecular weight is 426 g/mol. The summed E-state index contributed by atoms with van der Waals surface area (Å²) in [5.74, 6) is 0.555. The van der Waals surface area contributed by atoms with Crippen molar-refractivity contribution in [3.8, 4) is 0 Å². The first kappa shape index (κ1) is 21.7. The number of rotatable bonds is 8. The van der Waals surface area contributed by atoms with Gasteiger partial charge in [-0.25, -0.2) is 0 Å². The van der Waals surface area contributed by atoms with Crippen LogP contribution in [0.2, 0.25) is 5.02 Å². The third kappa shape index (κ3) is 5.76. The molecule has 0 bridgehead atoms. The van der Waals surface area contributed by atoms with Gasteiger partial charge in [0.25, 0.3) is 5.91 Å². The number of H-pyrrole nitrogens is 1. The van der Waals surface area contributed by atoms with Crippen LogP contribution in [0.1, 0.15) is 28.4 Å². The summed E-state index contributed by atoms with van der Waals surface area (Å²) in [4.78, 5) is 20.2. The second kappa shape index (κ2) is 10.7. The zero-order valence-electron chi connectivity index (χ0n) is 17.4. The van der Waals surface area contributed by atoms with E-state index in [4.69, 9.17) is 11.6 Å². The first-order valence-corrected chi connectivity index (χ1v) is 10.6. The fourth-order valence-corrected chi connectivity index (χ4v) is 3.46. The van der Waals surface area contributed by atoms with E-state index in [1.54, 1.807) is 24.3 Å². The number of halogens is 1. The van der Waals surface area contributed by atoms with Crippen LogP contribution in [0.3, 0.4) is 0 Å². The number of hydrogen-bond donors (Lipinski definition) is 4. The van der Waals surface area contributed by atoms with Gasteiger partial charge in [-0.1, -0.05) is 35.9 Å². The second-order valence-corrected chi connectivity index (χ2v) is 7.44. The zero-order valence-corrected chi connectivity index (χ0v) is 18.1. The average Bonchev–Trinajstić information content (AvgIpc) is 3.13. The molecule has 0 aliphatic rings. The van der Waals surface area contributed by atoms with Gasteiger partial charge >= 0.3 is 0 Å². The minimum absolute atomic E-state index is 0.182. The highest BCUT2D eigenvalue weighted by Crippen LogP contribution is 2.20. The highest BCUT2D eigenvalue weighted by molar-refractivity contribution is 6.33. The van der Waals surface area contributed by atoms with E-state index in [0.29, 0.717) is 30.2 Å². The molecule has 3 rings (SSSR count). The van der Waals surface area contributed by atoms with E-state index in [1.165, 1.54) is 16.5 Å². The number of nitrogens with one attached hydrogen (secondary N) is 4. The summed E-state index contributed by atoms with van der Waals surface area (Å²) in [6, 6.07) is 13.5. The van der Waals surface area contributed by atoms with Crippen molar-refractivity contribution in [2.45, 2.75) is 20.3 Å².